The SMILES string of the molecule is CC(=O)NC(=O)c1cc(C)cc(C)c1I(=O)=O. The normalized spacial score (nSPS) is 10.4. The molecule has 0 aliphatic carbocycles. The number of imide groups is 1. The molecule has 1 N–H and O–H groups in total. The average molecular weight is 349 g/mol. The summed E-state index contributed by atoms with van der Waals surface area (Å²) in [5.74, 6) is -1.19. The summed E-state index contributed by atoms with van der Waals surface area (Å²) >= 11 is -3.78. The summed E-state index contributed by atoms with van der Waals surface area (Å²) in [6, 6.07) is 3.17. The second kappa shape index (κ2) is 5.35. The summed E-state index contributed by atoms with van der Waals surface area (Å²) in [5.41, 5.74) is 1.36. The molecule has 0 spiro atoms. The van der Waals surface area contributed by atoms with Crippen molar-refractivity contribution < 1.29 is 15.7 Å². The number of carbonyl (C=O) groups is 2. The third-order valence-electron chi connectivity index (χ3n) is 2.09. The molecule has 0 aliphatic heterocycles. The largest absolute Gasteiger partial charge is 0.341 e. The fourth-order valence-electron chi connectivity index (χ4n) is 1.55. The summed E-state index contributed by atoms with van der Waals surface area (Å²) in [7, 11) is 0. The Bertz CT molecular complexity index is 553. The number of carbonyl (C=O) groups excluding carboxylic acids is 2. The lowest BCUT2D eigenvalue weighted by Gasteiger charge is -2.07. The molecule has 92 valence electrons. The van der Waals surface area contributed by atoms with Gasteiger partial charge in [0.2, 0.25) is 5.91 Å². The van der Waals surface area contributed by atoms with Crippen molar-refractivity contribution in [3.63, 3.8) is 0 Å². The Morgan fingerprint density at radius 2 is 1.76 bits per heavy atom. The van der Waals surface area contributed by atoms with E-state index < -0.39 is 31.6 Å². The molecule has 1 aromatic rings. The van der Waals surface area contributed by atoms with E-state index in [0.29, 0.717) is 5.56 Å². The van der Waals surface area contributed by atoms with Crippen LogP contribution in [-0.2, 0) is 10.9 Å². The van der Waals surface area contributed by atoms with Gasteiger partial charge in [0.15, 0.2) is 0 Å². The van der Waals surface area contributed by atoms with Gasteiger partial charge in [-0.15, -0.1) is 0 Å². The first-order valence-electron chi connectivity index (χ1n) is 4.81. The van der Waals surface area contributed by atoms with E-state index in [1.807, 2.05) is 0 Å². The highest BCUT2D eigenvalue weighted by molar-refractivity contribution is 14.2. The van der Waals surface area contributed by atoms with Crippen LogP contribution in [0.5, 0.6) is 0 Å². The Kier molecular flexibility index (Phi) is 4.33. The maximum Gasteiger partial charge on any atom is 0.341 e. The molecule has 0 bridgehead atoms. The molecule has 0 unspecified atom stereocenters. The Morgan fingerprint density at radius 1 is 1.18 bits per heavy atom. The van der Waals surface area contributed by atoms with Crippen LogP contribution in [0, 0.1) is 17.4 Å². The first kappa shape index (κ1) is 13.8. The van der Waals surface area contributed by atoms with Crippen LogP contribution in [-0.4, -0.2) is 11.8 Å². The fraction of sp³-hybridized carbons (Fsp3) is 0.273. The molecule has 17 heavy (non-hydrogen) atoms. The van der Waals surface area contributed by atoms with Gasteiger partial charge in [-0.1, -0.05) is 6.07 Å². The van der Waals surface area contributed by atoms with Crippen LogP contribution in [0.3, 0.4) is 0 Å². The molecule has 0 saturated heterocycles. The molecule has 0 heterocycles. The number of hydrogen-bond acceptors (Lipinski definition) is 4. The van der Waals surface area contributed by atoms with Crippen molar-refractivity contribution in [3.05, 3.63) is 32.4 Å². The minimum Gasteiger partial charge on any atom is -0.293 e. The van der Waals surface area contributed by atoms with Crippen molar-refractivity contribution in [2.24, 2.45) is 0 Å². The van der Waals surface area contributed by atoms with Crippen LogP contribution < -0.4 is 5.32 Å². The number of halogens is 1. The molecule has 0 aliphatic rings. The van der Waals surface area contributed by atoms with Crippen molar-refractivity contribution >= 4 is 31.6 Å². The zero-order chi connectivity index (χ0) is 13.2. The smallest absolute Gasteiger partial charge is 0.293 e. The van der Waals surface area contributed by atoms with Gasteiger partial charge in [0.05, 0.1) is 9.13 Å². The van der Waals surface area contributed by atoms with Gasteiger partial charge in [-0.3, -0.25) is 14.9 Å². The Hall–Kier alpha value is -1.31. The van der Waals surface area contributed by atoms with E-state index in [4.69, 9.17) is 0 Å². The van der Waals surface area contributed by atoms with E-state index >= 15 is 0 Å². The van der Waals surface area contributed by atoms with Crippen molar-refractivity contribution in [2.45, 2.75) is 20.8 Å². The van der Waals surface area contributed by atoms with Crippen LogP contribution in [0.25, 0.3) is 0 Å². The molecule has 0 radical (unpaired) electrons. The standard InChI is InChI=1S/C11H12INO4/c1-6-4-7(2)10(12(16)17)9(5-6)11(15)13-8(3)14/h4-5H,1-3H3,(H,13,14,15). The minimum absolute atomic E-state index is 0.0490. The number of nitrogens with one attached hydrogen (secondary N) is 1. The summed E-state index contributed by atoms with van der Waals surface area (Å²) in [6.45, 7) is 4.59. The lowest BCUT2D eigenvalue weighted by atomic mass is 10.1. The molecule has 1 aromatic carbocycles. The fourth-order valence-corrected chi connectivity index (χ4v) is 3.27. The van der Waals surface area contributed by atoms with Gasteiger partial charge in [0.25, 0.3) is 5.91 Å². The second-order valence-electron chi connectivity index (χ2n) is 3.67. The first-order valence-corrected chi connectivity index (χ1v) is 7.65. The Balaban J connectivity index is 3.40. The molecular weight excluding hydrogens is 337 g/mol. The van der Waals surface area contributed by atoms with Crippen molar-refractivity contribution in [1.29, 1.82) is 0 Å². The number of amides is 2. The predicted molar refractivity (Wildman–Crippen MR) is 68.2 cm³/mol. The van der Waals surface area contributed by atoms with Gasteiger partial charge in [-0.05, 0) is 31.0 Å². The maximum atomic E-state index is 11.7. The molecule has 0 aromatic heterocycles. The Labute approximate surface area is 106 Å². The van der Waals surface area contributed by atoms with E-state index in [-0.39, 0.29) is 9.13 Å². The number of aryl methyl sites for hydroxylation is 2. The summed E-state index contributed by atoms with van der Waals surface area (Å²) in [5, 5.41) is 2.08. The van der Waals surface area contributed by atoms with Gasteiger partial charge >= 0.3 is 19.8 Å². The van der Waals surface area contributed by atoms with Gasteiger partial charge < -0.3 is 0 Å². The third-order valence-corrected chi connectivity index (χ3v) is 4.40. The van der Waals surface area contributed by atoms with E-state index in [1.54, 1.807) is 19.9 Å². The van der Waals surface area contributed by atoms with Crippen molar-refractivity contribution in [3.8, 4) is 0 Å². The molecule has 5 nitrogen and oxygen atoms in total. The third kappa shape index (κ3) is 3.32. The van der Waals surface area contributed by atoms with E-state index in [2.05, 4.69) is 5.32 Å². The lowest BCUT2D eigenvalue weighted by Crippen LogP contribution is -2.29. The van der Waals surface area contributed by atoms with E-state index in [9.17, 15) is 15.7 Å². The summed E-state index contributed by atoms with van der Waals surface area (Å²) < 4.78 is 22.5. The molecule has 1 rings (SSSR count). The van der Waals surface area contributed by atoms with Crippen LogP contribution >= 0.6 is 19.8 Å². The molecule has 0 saturated carbocycles. The quantitative estimate of drug-likeness (QED) is 0.828. The monoisotopic (exact) mass is 349 g/mol. The van der Waals surface area contributed by atoms with Crippen LogP contribution in [0.1, 0.15) is 28.4 Å². The van der Waals surface area contributed by atoms with Crippen LogP contribution in [0.15, 0.2) is 12.1 Å². The maximum absolute atomic E-state index is 11.7. The van der Waals surface area contributed by atoms with Gasteiger partial charge in [-0.25, -0.2) is 6.14 Å². The summed E-state index contributed by atoms with van der Waals surface area (Å²) in [6.07, 6.45) is 0. The highest BCUT2D eigenvalue weighted by atomic mass is 127. The lowest BCUT2D eigenvalue weighted by molar-refractivity contribution is -0.118. The number of benzene rings is 1. The number of hydrogen-bond donors (Lipinski definition) is 1. The summed E-state index contributed by atoms with van der Waals surface area (Å²) in [4.78, 5) is 22.5. The van der Waals surface area contributed by atoms with Gasteiger partial charge in [0.1, 0.15) is 0 Å². The average Bonchev–Trinajstić information content (AvgIpc) is 2.14. The zero-order valence-corrected chi connectivity index (χ0v) is 11.8. The van der Waals surface area contributed by atoms with E-state index in [1.165, 1.54) is 13.0 Å². The zero-order valence-electron chi connectivity index (χ0n) is 9.67. The molecule has 6 heteroatoms. The first-order chi connectivity index (χ1) is 7.82. The molecule has 0 fully saturated rings. The molecule has 2 amide bonds. The molecule has 0 atom stereocenters. The van der Waals surface area contributed by atoms with Gasteiger partial charge in [0, 0.05) is 6.92 Å². The van der Waals surface area contributed by atoms with Crippen LogP contribution in [0.4, 0.5) is 0 Å². The topological polar surface area (TPSA) is 80.3 Å². The van der Waals surface area contributed by atoms with Crippen molar-refractivity contribution in [2.75, 3.05) is 0 Å². The highest BCUT2D eigenvalue weighted by Crippen LogP contribution is 2.26. The van der Waals surface area contributed by atoms with Gasteiger partial charge in [-0.2, -0.15) is 0 Å². The van der Waals surface area contributed by atoms with Crippen molar-refractivity contribution in [1.82, 2.24) is 5.32 Å². The Morgan fingerprint density at radius 3 is 2.24 bits per heavy atom. The highest BCUT2D eigenvalue weighted by Gasteiger charge is 2.18. The predicted octanol–water partition coefficient (Wildman–Crippen LogP) is 1.95. The van der Waals surface area contributed by atoms with E-state index in [0.717, 1.165) is 5.56 Å². The van der Waals surface area contributed by atoms with Crippen LogP contribution in [0.2, 0.25) is 0 Å². The number of rotatable bonds is 2. The molecular formula is C11H12INO4. The second-order valence-corrected chi connectivity index (χ2v) is 5.99. The minimum atomic E-state index is -3.78.